The highest BCUT2D eigenvalue weighted by atomic mass is 16.5. The summed E-state index contributed by atoms with van der Waals surface area (Å²) in [6.45, 7) is 3.06. The van der Waals surface area contributed by atoms with Gasteiger partial charge in [-0.05, 0) is 43.5 Å². The number of likely N-dealkylation sites (tertiary alicyclic amines) is 1. The van der Waals surface area contributed by atoms with E-state index in [1.807, 2.05) is 61.5 Å². The van der Waals surface area contributed by atoms with Gasteiger partial charge in [0, 0.05) is 18.8 Å². The van der Waals surface area contributed by atoms with Crippen molar-refractivity contribution in [3.63, 3.8) is 0 Å². The summed E-state index contributed by atoms with van der Waals surface area (Å²) < 4.78 is 5.65. The molecule has 0 unspecified atom stereocenters. The summed E-state index contributed by atoms with van der Waals surface area (Å²) in [6, 6.07) is 17.0. The highest BCUT2D eigenvalue weighted by Crippen LogP contribution is 2.20. The van der Waals surface area contributed by atoms with Crippen molar-refractivity contribution in [2.45, 2.75) is 19.8 Å². The van der Waals surface area contributed by atoms with Crippen LogP contribution in [-0.2, 0) is 9.59 Å². The number of hydrogen-bond donors (Lipinski definition) is 1. The molecule has 5 heteroatoms. The molecule has 2 aromatic carbocycles. The fourth-order valence-corrected chi connectivity index (χ4v) is 3.13. The second-order valence-electron chi connectivity index (χ2n) is 6.59. The summed E-state index contributed by atoms with van der Waals surface area (Å²) >= 11 is 0. The van der Waals surface area contributed by atoms with Gasteiger partial charge in [-0.1, -0.05) is 36.4 Å². The number of anilines is 1. The SMILES string of the molecule is Cc1ccccc1OCC(=O)N1CCC[C@@H](C(=O)Nc2ccccc2)C1. The Hall–Kier alpha value is -2.82. The lowest BCUT2D eigenvalue weighted by Crippen LogP contribution is -2.45. The van der Waals surface area contributed by atoms with Crippen LogP contribution in [0, 0.1) is 12.8 Å². The Labute approximate surface area is 154 Å². The lowest BCUT2D eigenvalue weighted by Gasteiger charge is -2.32. The first-order valence-corrected chi connectivity index (χ1v) is 8.95. The van der Waals surface area contributed by atoms with E-state index < -0.39 is 0 Å². The van der Waals surface area contributed by atoms with Crippen molar-refractivity contribution in [1.29, 1.82) is 0 Å². The predicted molar refractivity (Wildman–Crippen MR) is 101 cm³/mol. The minimum Gasteiger partial charge on any atom is -0.484 e. The van der Waals surface area contributed by atoms with Crippen LogP contribution < -0.4 is 10.1 Å². The Balaban J connectivity index is 1.53. The van der Waals surface area contributed by atoms with E-state index in [4.69, 9.17) is 4.74 Å². The molecule has 0 saturated carbocycles. The first-order valence-electron chi connectivity index (χ1n) is 8.95. The minimum absolute atomic E-state index is 0.00211. The monoisotopic (exact) mass is 352 g/mol. The quantitative estimate of drug-likeness (QED) is 0.899. The molecule has 0 aromatic heterocycles. The molecule has 1 aliphatic rings. The average Bonchev–Trinajstić information content (AvgIpc) is 2.68. The third-order valence-electron chi connectivity index (χ3n) is 4.63. The van der Waals surface area contributed by atoms with Gasteiger partial charge in [0.15, 0.2) is 6.61 Å². The van der Waals surface area contributed by atoms with Crippen LogP contribution in [0.15, 0.2) is 54.6 Å². The maximum absolute atomic E-state index is 12.5. The molecular weight excluding hydrogens is 328 g/mol. The maximum Gasteiger partial charge on any atom is 0.260 e. The van der Waals surface area contributed by atoms with Crippen molar-refractivity contribution in [3.05, 3.63) is 60.2 Å². The van der Waals surface area contributed by atoms with E-state index in [0.29, 0.717) is 13.1 Å². The molecule has 1 N–H and O–H groups in total. The molecule has 2 amide bonds. The lowest BCUT2D eigenvalue weighted by molar-refractivity contribution is -0.136. The number of benzene rings is 2. The van der Waals surface area contributed by atoms with Crippen LogP contribution >= 0.6 is 0 Å². The van der Waals surface area contributed by atoms with Crippen LogP contribution in [-0.4, -0.2) is 36.4 Å². The van der Waals surface area contributed by atoms with Crippen molar-refractivity contribution in [1.82, 2.24) is 4.90 Å². The van der Waals surface area contributed by atoms with Crippen LogP contribution in [0.4, 0.5) is 5.69 Å². The molecule has 5 nitrogen and oxygen atoms in total. The van der Waals surface area contributed by atoms with Gasteiger partial charge in [-0.15, -0.1) is 0 Å². The standard InChI is InChI=1S/C21H24N2O3/c1-16-8-5-6-12-19(16)26-15-20(24)23-13-7-9-17(14-23)21(25)22-18-10-3-2-4-11-18/h2-6,8,10-12,17H,7,9,13-15H2,1H3,(H,22,25)/t17-/m1/s1. The highest BCUT2D eigenvalue weighted by molar-refractivity contribution is 5.93. The molecule has 0 radical (unpaired) electrons. The number of aryl methyl sites for hydroxylation is 1. The Morgan fingerprint density at radius 1 is 1.12 bits per heavy atom. The maximum atomic E-state index is 12.5. The third-order valence-corrected chi connectivity index (χ3v) is 4.63. The summed E-state index contributed by atoms with van der Waals surface area (Å²) in [4.78, 5) is 26.7. The van der Waals surface area contributed by atoms with Crippen LogP contribution in [0.3, 0.4) is 0 Å². The zero-order valence-electron chi connectivity index (χ0n) is 15.0. The molecule has 0 aliphatic carbocycles. The number of carbonyl (C=O) groups is 2. The normalized spacial score (nSPS) is 16.8. The first-order chi connectivity index (χ1) is 12.6. The number of amides is 2. The molecule has 1 atom stereocenters. The number of carbonyl (C=O) groups excluding carboxylic acids is 2. The number of para-hydroxylation sites is 2. The Kier molecular flexibility index (Phi) is 5.89. The second-order valence-corrected chi connectivity index (χ2v) is 6.59. The molecule has 136 valence electrons. The molecule has 1 saturated heterocycles. The number of nitrogens with zero attached hydrogens (tertiary/aromatic N) is 1. The van der Waals surface area contributed by atoms with Gasteiger partial charge in [-0.2, -0.15) is 0 Å². The summed E-state index contributed by atoms with van der Waals surface area (Å²) in [5.41, 5.74) is 1.78. The van der Waals surface area contributed by atoms with Gasteiger partial charge >= 0.3 is 0 Å². The van der Waals surface area contributed by atoms with E-state index in [1.165, 1.54) is 0 Å². The van der Waals surface area contributed by atoms with Crippen molar-refractivity contribution >= 4 is 17.5 Å². The zero-order chi connectivity index (χ0) is 18.4. The van der Waals surface area contributed by atoms with Gasteiger partial charge in [-0.3, -0.25) is 9.59 Å². The Morgan fingerprint density at radius 2 is 1.85 bits per heavy atom. The van der Waals surface area contributed by atoms with E-state index >= 15 is 0 Å². The van der Waals surface area contributed by atoms with Crippen LogP contribution in [0.25, 0.3) is 0 Å². The number of ether oxygens (including phenoxy) is 1. The van der Waals surface area contributed by atoms with Gasteiger partial charge < -0.3 is 15.0 Å². The Morgan fingerprint density at radius 3 is 2.62 bits per heavy atom. The minimum atomic E-state index is -0.189. The number of hydrogen-bond acceptors (Lipinski definition) is 3. The van der Waals surface area contributed by atoms with Crippen LogP contribution in [0.5, 0.6) is 5.75 Å². The summed E-state index contributed by atoms with van der Waals surface area (Å²) in [5.74, 6) is 0.418. The van der Waals surface area contributed by atoms with Gasteiger partial charge in [0.1, 0.15) is 5.75 Å². The van der Waals surface area contributed by atoms with Crippen LogP contribution in [0.2, 0.25) is 0 Å². The number of nitrogens with one attached hydrogen (secondary N) is 1. The molecule has 1 heterocycles. The molecule has 26 heavy (non-hydrogen) atoms. The third kappa shape index (κ3) is 4.63. The highest BCUT2D eigenvalue weighted by Gasteiger charge is 2.28. The molecule has 0 spiro atoms. The molecular formula is C21H24N2O3. The summed E-state index contributed by atoms with van der Waals surface area (Å²) in [6.07, 6.45) is 1.62. The summed E-state index contributed by atoms with van der Waals surface area (Å²) in [5, 5.41) is 2.93. The van der Waals surface area contributed by atoms with E-state index in [0.717, 1.165) is 29.8 Å². The molecule has 0 bridgehead atoms. The van der Waals surface area contributed by atoms with E-state index in [9.17, 15) is 9.59 Å². The summed E-state index contributed by atoms with van der Waals surface area (Å²) in [7, 11) is 0. The topological polar surface area (TPSA) is 58.6 Å². The largest absolute Gasteiger partial charge is 0.484 e. The molecule has 1 fully saturated rings. The first kappa shape index (κ1) is 18.0. The fraction of sp³-hybridized carbons (Fsp3) is 0.333. The predicted octanol–water partition coefficient (Wildman–Crippen LogP) is 3.25. The van der Waals surface area contributed by atoms with E-state index in [-0.39, 0.29) is 24.3 Å². The molecule has 3 rings (SSSR count). The van der Waals surface area contributed by atoms with Crippen molar-refractivity contribution in [2.24, 2.45) is 5.92 Å². The van der Waals surface area contributed by atoms with Gasteiger partial charge in [0.05, 0.1) is 5.92 Å². The second kappa shape index (κ2) is 8.52. The van der Waals surface area contributed by atoms with Crippen LogP contribution in [0.1, 0.15) is 18.4 Å². The van der Waals surface area contributed by atoms with Gasteiger partial charge in [-0.25, -0.2) is 0 Å². The smallest absolute Gasteiger partial charge is 0.260 e. The zero-order valence-corrected chi connectivity index (χ0v) is 15.0. The van der Waals surface area contributed by atoms with E-state index in [1.54, 1.807) is 4.90 Å². The molecule has 2 aromatic rings. The van der Waals surface area contributed by atoms with Crippen molar-refractivity contribution in [2.75, 3.05) is 25.0 Å². The lowest BCUT2D eigenvalue weighted by atomic mass is 9.97. The van der Waals surface area contributed by atoms with E-state index in [2.05, 4.69) is 5.32 Å². The number of rotatable bonds is 5. The Bertz CT molecular complexity index is 761. The fourth-order valence-electron chi connectivity index (χ4n) is 3.13. The van der Waals surface area contributed by atoms with Crippen molar-refractivity contribution in [3.8, 4) is 5.75 Å². The van der Waals surface area contributed by atoms with Crippen molar-refractivity contribution < 1.29 is 14.3 Å². The van der Waals surface area contributed by atoms with Gasteiger partial charge in [0.25, 0.3) is 5.91 Å². The number of piperidine rings is 1. The van der Waals surface area contributed by atoms with Gasteiger partial charge in [0.2, 0.25) is 5.91 Å². The molecule has 1 aliphatic heterocycles. The average molecular weight is 352 g/mol.